The Morgan fingerprint density at radius 1 is 1.21 bits per heavy atom. The van der Waals surface area contributed by atoms with Crippen LogP contribution in [0.5, 0.6) is 0 Å². The van der Waals surface area contributed by atoms with E-state index in [-0.39, 0.29) is 17.6 Å². The van der Waals surface area contributed by atoms with E-state index in [0.717, 1.165) is 35.4 Å². The molecule has 8 heteroatoms. The number of nitrogens with zero attached hydrogens (tertiary/aromatic N) is 2. The Morgan fingerprint density at radius 2 is 2.11 bits per heavy atom. The van der Waals surface area contributed by atoms with Crippen LogP contribution in [-0.4, -0.2) is 22.5 Å². The molecule has 0 radical (unpaired) electrons. The van der Waals surface area contributed by atoms with Crippen LogP contribution in [0.25, 0.3) is 0 Å². The molecule has 0 bridgehead atoms. The maximum atomic E-state index is 12.6. The number of fused-ring (bicyclic) bond motifs is 1. The van der Waals surface area contributed by atoms with Crippen LogP contribution in [0, 0.1) is 6.92 Å². The normalized spacial score (nSPS) is 14.5. The molecule has 0 saturated heterocycles. The summed E-state index contributed by atoms with van der Waals surface area (Å²) < 4.78 is 5.86. The van der Waals surface area contributed by atoms with E-state index in [1.807, 2.05) is 18.4 Å². The number of amides is 2. The van der Waals surface area contributed by atoms with E-state index in [1.165, 1.54) is 11.3 Å². The molecular formula is C20H18N4O3S. The summed E-state index contributed by atoms with van der Waals surface area (Å²) in [5.74, 6) is 0.407. The first kappa shape index (κ1) is 18.1. The first-order valence-electron chi connectivity index (χ1n) is 8.88. The quantitative estimate of drug-likeness (QED) is 0.659. The molecule has 0 saturated carbocycles. The molecule has 1 aliphatic rings. The minimum Gasteiger partial charge on any atom is -0.455 e. The van der Waals surface area contributed by atoms with Gasteiger partial charge in [0.2, 0.25) is 0 Å². The summed E-state index contributed by atoms with van der Waals surface area (Å²) in [5.41, 5.74) is 5.47. The van der Waals surface area contributed by atoms with Gasteiger partial charge in [-0.05, 0) is 43.3 Å². The second kappa shape index (κ2) is 7.77. The van der Waals surface area contributed by atoms with Gasteiger partial charge in [-0.1, -0.05) is 6.07 Å². The van der Waals surface area contributed by atoms with Crippen LogP contribution in [0.3, 0.4) is 0 Å². The highest BCUT2D eigenvalue weighted by Gasteiger charge is 2.28. The third kappa shape index (κ3) is 3.59. The number of aryl methyl sites for hydroxylation is 1. The Balaban J connectivity index is 1.58. The number of pyridine rings is 1. The van der Waals surface area contributed by atoms with Crippen LogP contribution in [0.1, 0.15) is 50.0 Å². The summed E-state index contributed by atoms with van der Waals surface area (Å²) >= 11 is 1.36. The van der Waals surface area contributed by atoms with Crippen LogP contribution in [0.2, 0.25) is 0 Å². The molecule has 1 aliphatic carbocycles. The van der Waals surface area contributed by atoms with E-state index in [0.29, 0.717) is 17.0 Å². The highest BCUT2D eigenvalue weighted by atomic mass is 32.1. The first-order chi connectivity index (χ1) is 13.6. The summed E-state index contributed by atoms with van der Waals surface area (Å²) in [5, 5.41) is 8.95. The predicted octanol–water partition coefficient (Wildman–Crippen LogP) is 3.77. The van der Waals surface area contributed by atoms with Crippen LogP contribution in [0.15, 0.2) is 51.6 Å². The van der Waals surface area contributed by atoms with Gasteiger partial charge in [-0.3, -0.25) is 14.6 Å². The fourth-order valence-corrected chi connectivity index (χ4v) is 3.82. The average molecular weight is 394 g/mol. The van der Waals surface area contributed by atoms with E-state index in [4.69, 9.17) is 4.42 Å². The lowest BCUT2D eigenvalue weighted by molar-refractivity contribution is 0.0957. The van der Waals surface area contributed by atoms with Crippen LogP contribution < -0.4 is 10.7 Å². The second-order valence-electron chi connectivity index (χ2n) is 6.38. The minimum absolute atomic E-state index is 0.245. The fourth-order valence-electron chi connectivity index (χ4n) is 3.20. The van der Waals surface area contributed by atoms with E-state index < -0.39 is 0 Å². The zero-order chi connectivity index (χ0) is 19.5. The van der Waals surface area contributed by atoms with Crippen molar-refractivity contribution < 1.29 is 14.0 Å². The number of thiophene rings is 1. The minimum atomic E-state index is -0.332. The molecule has 7 nitrogen and oxygen atoms in total. The number of hydrogen-bond acceptors (Lipinski definition) is 6. The Labute approximate surface area is 165 Å². The molecule has 28 heavy (non-hydrogen) atoms. The van der Waals surface area contributed by atoms with Gasteiger partial charge in [0.1, 0.15) is 5.76 Å². The van der Waals surface area contributed by atoms with Gasteiger partial charge in [-0.25, -0.2) is 5.43 Å². The third-order valence-corrected chi connectivity index (χ3v) is 5.36. The molecule has 0 aromatic carbocycles. The standard InChI is InChI=1S/C20H18N4O3S/c1-12-17-14(23-24-19(25)16-8-4-10-28-16)6-2-7-15(17)27-18(12)20(26)22-13-5-3-9-21-11-13/h3-5,8-11H,2,6-7H2,1H3,(H,22,26)(H,24,25)/b23-14+. The average Bonchev–Trinajstić information content (AvgIpc) is 3.36. The Morgan fingerprint density at radius 3 is 2.86 bits per heavy atom. The summed E-state index contributed by atoms with van der Waals surface area (Å²) in [7, 11) is 0. The first-order valence-corrected chi connectivity index (χ1v) is 9.76. The molecule has 0 spiro atoms. The molecule has 3 aromatic heterocycles. The van der Waals surface area contributed by atoms with Gasteiger partial charge in [0.05, 0.1) is 22.5 Å². The van der Waals surface area contributed by atoms with E-state index >= 15 is 0 Å². The van der Waals surface area contributed by atoms with Crippen molar-refractivity contribution in [2.24, 2.45) is 5.10 Å². The van der Waals surface area contributed by atoms with Gasteiger partial charge in [-0.15, -0.1) is 11.3 Å². The molecule has 3 aromatic rings. The number of rotatable bonds is 4. The lowest BCUT2D eigenvalue weighted by Crippen LogP contribution is -2.21. The molecule has 3 heterocycles. The van der Waals surface area contributed by atoms with Gasteiger partial charge < -0.3 is 9.73 Å². The van der Waals surface area contributed by atoms with Crippen LogP contribution >= 0.6 is 11.3 Å². The fraction of sp³-hybridized carbons (Fsp3) is 0.200. The third-order valence-electron chi connectivity index (χ3n) is 4.49. The van der Waals surface area contributed by atoms with Crippen molar-refractivity contribution in [3.8, 4) is 0 Å². The molecule has 0 fully saturated rings. The van der Waals surface area contributed by atoms with Crippen LogP contribution in [-0.2, 0) is 6.42 Å². The van der Waals surface area contributed by atoms with Crippen molar-refractivity contribution in [1.82, 2.24) is 10.4 Å². The highest BCUT2D eigenvalue weighted by Crippen LogP contribution is 2.30. The van der Waals surface area contributed by atoms with E-state index in [2.05, 4.69) is 20.8 Å². The maximum Gasteiger partial charge on any atom is 0.291 e. The number of anilines is 1. The van der Waals surface area contributed by atoms with Crippen molar-refractivity contribution in [2.75, 3.05) is 5.32 Å². The van der Waals surface area contributed by atoms with E-state index in [1.54, 1.807) is 30.6 Å². The predicted molar refractivity (Wildman–Crippen MR) is 107 cm³/mol. The van der Waals surface area contributed by atoms with Crippen molar-refractivity contribution in [3.05, 3.63) is 69.6 Å². The highest BCUT2D eigenvalue weighted by molar-refractivity contribution is 7.12. The van der Waals surface area contributed by atoms with E-state index in [9.17, 15) is 9.59 Å². The summed E-state index contributed by atoms with van der Waals surface area (Å²) in [6.07, 6.45) is 5.50. The van der Waals surface area contributed by atoms with Gasteiger partial charge >= 0.3 is 0 Å². The van der Waals surface area contributed by atoms with Crippen molar-refractivity contribution in [1.29, 1.82) is 0 Å². The summed E-state index contributed by atoms with van der Waals surface area (Å²) in [6.45, 7) is 1.84. The largest absolute Gasteiger partial charge is 0.455 e. The molecular weight excluding hydrogens is 376 g/mol. The summed E-state index contributed by atoms with van der Waals surface area (Å²) in [6, 6.07) is 7.07. The lowest BCUT2D eigenvalue weighted by atomic mass is 9.93. The smallest absolute Gasteiger partial charge is 0.291 e. The summed E-state index contributed by atoms with van der Waals surface area (Å²) in [4.78, 5) is 29.4. The van der Waals surface area contributed by atoms with Gasteiger partial charge in [-0.2, -0.15) is 5.10 Å². The second-order valence-corrected chi connectivity index (χ2v) is 7.33. The molecule has 2 N–H and O–H groups in total. The molecule has 0 unspecified atom stereocenters. The van der Waals surface area contributed by atoms with Gasteiger partial charge in [0, 0.05) is 23.7 Å². The molecule has 4 rings (SSSR count). The molecule has 0 atom stereocenters. The maximum absolute atomic E-state index is 12.6. The Bertz CT molecular complexity index is 1040. The Kier molecular flexibility index (Phi) is 5.03. The number of nitrogens with one attached hydrogen (secondary N) is 2. The lowest BCUT2D eigenvalue weighted by Gasteiger charge is -2.13. The molecule has 2 amide bonds. The number of carbonyl (C=O) groups is 2. The number of aromatic nitrogens is 1. The number of carbonyl (C=O) groups excluding carboxylic acids is 2. The zero-order valence-electron chi connectivity index (χ0n) is 15.2. The SMILES string of the molecule is Cc1c(C(=O)Nc2cccnc2)oc2c1/C(=N/NC(=O)c1cccs1)CCC2. The van der Waals surface area contributed by atoms with Crippen molar-refractivity contribution >= 4 is 34.6 Å². The van der Waals surface area contributed by atoms with Gasteiger partial charge in [0.15, 0.2) is 5.76 Å². The number of hydrazone groups is 1. The Hall–Kier alpha value is -3.26. The monoisotopic (exact) mass is 394 g/mol. The molecule has 142 valence electrons. The van der Waals surface area contributed by atoms with Crippen LogP contribution in [0.4, 0.5) is 5.69 Å². The van der Waals surface area contributed by atoms with Crippen molar-refractivity contribution in [3.63, 3.8) is 0 Å². The zero-order valence-corrected chi connectivity index (χ0v) is 16.0. The topological polar surface area (TPSA) is 96.6 Å². The van der Waals surface area contributed by atoms with Gasteiger partial charge in [0.25, 0.3) is 11.8 Å². The number of hydrogen-bond donors (Lipinski definition) is 2. The molecule has 0 aliphatic heterocycles. The number of furan rings is 1. The van der Waals surface area contributed by atoms with Crippen molar-refractivity contribution in [2.45, 2.75) is 26.2 Å².